The molecule has 8 nitrogen and oxygen atoms in total. The third-order valence-electron chi connectivity index (χ3n) is 8.40. The molecular formula is C37H50I6N2O6. The number of benzene rings is 2. The van der Waals surface area contributed by atoms with Crippen LogP contribution in [0.25, 0.3) is 0 Å². The van der Waals surface area contributed by atoms with Crippen molar-refractivity contribution in [3.8, 4) is 0 Å². The van der Waals surface area contributed by atoms with E-state index in [0.29, 0.717) is 24.2 Å². The Morgan fingerprint density at radius 1 is 0.549 bits per heavy atom. The molecule has 2 aromatic rings. The fourth-order valence-electron chi connectivity index (χ4n) is 5.37. The minimum absolute atomic E-state index is 0.141. The first kappa shape index (κ1) is 48.0. The van der Waals surface area contributed by atoms with Gasteiger partial charge in [0.05, 0.1) is 11.4 Å². The minimum Gasteiger partial charge on any atom is -0.462 e. The van der Waals surface area contributed by atoms with E-state index in [2.05, 4.69) is 142 Å². The Morgan fingerprint density at radius 3 is 1.31 bits per heavy atom. The molecule has 0 fully saturated rings. The van der Waals surface area contributed by atoms with Crippen LogP contribution in [0.1, 0.15) is 121 Å². The lowest BCUT2D eigenvalue weighted by molar-refractivity contribution is -0.166. The second-order valence-electron chi connectivity index (χ2n) is 12.6. The summed E-state index contributed by atoms with van der Waals surface area (Å²) in [6.45, 7) is 1.87. The maximum Gasteiger partial charge on any atom is 0.306 e. The first-order valence-electron chi connectivity index (χ1n) is 17.7. The predicted molar refractivity (Wildman–Crippen MR) is 257 cm³/mol. The number of carbonyl (C=O) groups is 3. The number of halogens is 6. The molecule has 0 aliphatic carbocycles. The van der Waals surface area contributed by atoms with Crippen molar-refractivity contribution in [2.75, 3.05) is 24.7 Å². The van der Waals surface area contributed by atoms with Gasteiger partial charge in [0, 0.05) is 40.7 Å². The molecule has 0 bridgehead atoms. The van der Waals surface area contributed by atoms with Crippen LogP contribution in [-0.2, 0) is 41.4 Å². The number of nitrogen functional groups attached to an aromatic ring is 2. The van der Waals surface area contributed by atoms with Gasteiger partial charge in [0.2, 0.25) is 0 Å². The summed E-state index contributed by atoms with van der Waals surface area (Å²) in [7, 11) is 0. The number of unbranched alkanes of at least 4 members (excludes halogenated alkanes) is 12. The van der Waals surface area contributed by atoms with E-state index in [1.807, 2.05) is 12.1 Å². The lowest BCUT2D eigenvalue weighted by Crippen LogP contribution is -2.31. The topological polar surface area (TPSA) is 131 Å². The van der Waals surface area contributed by atoms with Crippen LogP contribution in [0.2, 0.25) is 0 Å². The third-order valence-corrected chi connectivity index (χ3v) is 14.6. The van der Waals surface area contributed by atoms with E-state index in [4.69, 9.17) is 25.7 Å². The van der Waals surface area contributed by atoms with Crippen molar-refractivity contribution in [1.82, 2.24) is 0 Å². The Hall–Kier alpha value is 0.830. The standard InChI is InChI=1S/C37H50I6N2O6/c1-2-3-4-5-6-7-8-9-10-11-12-13-14-15-33(48)51-24(22-49-31(46)18-16-25-27(38)20-29(40)36(44)34(25)42)23-50-32(47)19-17-26-28(39)21-30(41)37(45)35(26)43/h20-21,24H,2-19,22-23,44-45H2,1H3. The fraction of sp³-hybridized carbons (Fsp3) is 0.595. The zero-order chi connectivity index (χ0) is 37.8. The van der Waals surface area contributed by atoms with Crippen molar-refractivity contribution >= 4 is 165 Å². The summed E-state index contributed by atoms with van der Waals surface area (Å²) in [4.78, 5) is 38.4. The van der Waals surface area contributed by atoms with E-state index in [1.165, 1.54) is 64.2 Å². The van der Waals surface area contributed by atoms with Crippen LogP contribution in [0.4, 0.5) is 11.4 Å². The second-order valence-corrected chi connectivity index (χ2v) is 19.4. The predicted octanol–water partition coefficient (Wildman–Crippen LogP) is 11.5. The molecule has 0 aliphatic heterocycles. The quantitative estimate of drug-likeness (QED) is 0.0330. The highest BCUT2D eigenvalue weighted by Gasteiger charge is 2.21. The molecule has 2 rings (SSSR count). The van der Waals surface area contributed by atoms with Crippen LogP contribution in [0.15, 0.2) is 12.1 Å². The van der Waals surface area contributed by atoms with Crippen LogP contribution in [-0.4, -0.2) is 37.2 Å². The number of carbonyl (C=O) groups excluding carboxylic acids is 3. The van der Waals surface area contributed by atoms with Crippen molar-refractivity contribution in [1.29, 1.82) is 0 Å². The normalized spacial score (nSPS) is 11.2. The van der Waals surface area contributed by atoms with E-state index in [-0.39, 0.29) is 38.4 Å². The number of anilines is 2. The van der Waals surface area contributed by atoms with Crippen LogP contribution in [0.3, 0.4) is 0 Å². The molecule has 286 valence electrons. The van der Waals surface area contributed by atoms with Gasteiger partial charge in [0.1, 0.15) is 13.2 Å². The summed E-state index contributed by atoms with van der Waals surface area (Å²) < 4.78 is 22.6. The molecule has 0 aromatic heterocycles. The first-order chi connectivity index (χ1) is 24.3. The lowest BCUT2D eigenvalue weighted by atomic mass is 10.0. The van der Waals surface area contributed by atoms with Gasteiger partial charge in [0.15, 0.2) is 6.10 Å². The van der Waals surface area contributed by atoms with Gasteiger partial charge in [-0.25, -0.2) is 0 Å². The largest absolute Gasteiger partial charge is 0.462 e. The van der Waals surface area contributed by atoms with Gasteiger partial charge in [-0.05, 0) is 178 Å². The molecule has 14 heteroatoms. The Labute approximate surface area is 386 Å². The van der Waals surface area contributed by atoms with Gasteiger partial charge in [-0.2, -0.15) is 0 Å². The van der Waals surface area contributed by atoms with Crippen molar-refractivity contribution in [3.63, 3.8) is 0 Å². The second kappa shape index (κ2) is 27.4. The van der Waals surface area contributed by atoms with Gasteiger partial charge in [0.25, 0.3) is 0 Å². The highest BCUT2D eigenvalue weighted by Crippen LogP contribution is 2.31. The lowest BCUT2D eigenvalue weighted by Gasteiger charge is -2.19. The van der Waals surface area contributed by atoms with Gasteiger partial charge in [-0.3, -0.25) is 14.4 Å². The molecule has 0 atom stereocenters. The molecule has 51 heavy (non-hydrogen) atoms. The van der Waals surface area contributed by atoms with E-state index in [1.54, 1.807) is 0 Å². The third kappa shape index (κ3) is 19.0. The molecule has 4 N–H and O–H groups in total. The molecule has 0 saturated heterocycles. The van der Waals surface area contributed by atoms with Gasteiger partial charge in [-0.1, -0.05) is 84.0 Å². The van der Waals surface area contributed by atoms with Gasteiger partial charge in [-0.15, -0.1) is 0 Å². The average molecular weight is 1380 g/mol. The van der Waals surface area contributed by atoms with Crippen molar-refractivity contribution in [3.05, 3.63) is 44.7 Å². The van der Waals surface area contributed by atoms with E-state index >= 15 is 0 Å². The Bertz CT molecular complexity index is 1340. The monoisotopic (exact) mass is 1380 g/mol. The van der Waals surface area contributed by atoms with Crippen molar-refractivity contribution < 1.29 is 28.6 Å². The summed E-state index contributed by atoms with van der Waals surface area (Å²) in [5.74, 6) is -1.24. The molecule has 0 amide bonds. The van der Waals surface area contributed by atoms with Crippen LogP contribution in [0.5, 0.6) is 0 Å². The number of hydrogen-bond donors (Lipinski definition) is 2. The summed E-state index contributed by atoms with van der Waals surface area (Å²) >= 11 is 13.3. The van der Waals surface area contributed by atoms with Gasteiger partial charge >= 0.3 is 17.9 Å². The molecular weight excluding hydrogens is 1330 g/mol. The maximum atomic E-state index is 12.8. The Morgan fingerprint density at radius 2 is 0.922 bits per heavy atom. The number of esters is 3. The molecule has 0 spiro atoms. The highest BCUT2D eigenvalue weighted by atomic mass is 127. The van der Waals surface area contributed by atoms with Gasteiger partial charge < -0.3 is 25.7 Å². The maximum absolute atomic E-state index is 12.8. The SMILES string of the molecule is CCCCCCCCCCCCCCCC(=O)OC(COC(=O)CCc1c(I)cc(I)c(N)c1I)COC(=O)CCc1c(I)cc(I)c(N)c1I. The number of nitrogens with two attached hydrogens (primary N) is 2. The van der Waals surface area contributed by atoms with E-state index in [9.17, 15) is 14.4 Å². The van der Waals surface area contributed by atoms with Crippen LogP contribution in [0, 0.1) is 21.4 Å². The summed E-state index contributed by atoms with van der Waals surface area (Å²) in [6.07, 6.45) is 16.4. The van der Waals surface area contributed by atoms with E-state index < -0.39 is 18.0 Å². The molecule has 2 aromatic carbocycles. The molecule has 0 radical (unpaired) electrons. The summed E-state index contributed by atoms with van der Waals surface area (Å²) in [5.41, 5.74) is 15.8. The summed E-state index contributed by atoms with van der Waals surface area (Å²) in [6, 6.07) is 3.99. The molecule has 0 heterocycles. The first-order valence-corrected chi connectivity index (χ1v) is 24.2. The Balaban J connectivity index is 1.84. The Kier molecular flexibility index (Phi) is 25.8. The summed E-state index contributed by atoms with van der Waals surface area (Å²) in [5, 5.41) is 0. The zero-order valence-electron chi connectivity index (χ0n) is 29.2. The number of hydrogen-bond acceptors (Lipinski definition) is 8. The van der Waals surface area contributed by atoms with Crippen LogP contribution >= 0.6 is 136 Å². The van der Waals surface area contributed by atoms with Crippen molar-refractivity contribution in [2.45, 2.75) is 129 Å². The smallest absolute Gasteiger partial charge is 0.306 e. The van der Waals surface area contributed by atoms with Crippen LogP contribution < -0.4 is 11.5 Å². The molecule has 0 aliphatic rings. The average Bonchev–Trinajstić information content (AvgIpc) is 3.09. The van der Waals surface area contributed by atoms with Crippen molar-refractivity contribution in [2.24, 2.45) is 0 Å². The minimum atomic E-state index is -0.893. The van der Waals surface area contributed by atoms with E-state index in [0.717, 1.165) is 51.8 Å². The fourth-order valence-corrected chi connectivity index (χ4v) is 13.2. The number of rotatable bonds is 25. The number of ether oxygens (including phenoxy) is 3. The molecule has 0 saturated carbocycles. The highest BCUT2D eigenvalue weighted by molar-refractivity contribution is 14.1. The zero-order valence-corrected chi connectivity index (χ0v) is 42.2. The molecule has 0 unspecified atom stereocenters.